The Balaban J connectivity index is 2.69. The number of aliphatic carboxylic acids is 4. The Morgan fingerprint density at radius 1 is 0.760 bits per heavy atom. The average molecular weight is 358 g/mol. The fourth-order valence-corrected chi connectivity index (χ4v) is 3.76. The van der Waals surface area contributed by atoms with Crippen LogP contribution in [-0.2, 0) is 19.2 Å². The smallest absolute Gasteiger partial charge is 0.317 e. The van der Waals surface area contributed by atoms with Crippen LogP contribution in [0.4, 0.5) is 0 Å². The molecule has 4 N–H and O–H groups in total. The molecule has 1 saturated carbocycles. The van der Waals surface area contributed by atoms with Crippen LogP contribution in [0.3, 0.4) is 0 Å². The lowest BCUT2D eigenvalue weighted by Crippen LogP contribution is -2.30. The summed E-state index contributed by atoms with van der Waals surface area (Å²) in [6.07, 6.45) is 3.52. The van der Waals surface area contributed by atoms with E-state index >= 15 is 0 Å². The highest BCUT2D eigenvalue weighted by atomic mass is 16.4. The minimum Gasteiger partial charge on any atom is -0.481 e. The first-order chi connectivity index (χ1) is 11.6. The molecule has 1 fully saturated rings. The van der Waals surface area contributed by atoms with E-state index in [1.165, 1.54) is 0 Å². The van der Waals surface area contributed by atoms with Gasteiger partial charge in [-0.05, 0) is 56.3 Å². The predicted octanol–water partition coefficient (Wildman–Crippen LogP) is 2.17. The Morgan fingerprint density at radius 3 is 1.56 bits per heavy atom. The molecular weight excluding hydrogens is 332 g/mol. The molecule has 3 unspecified atom stereocenters. The van der Waals surface area contributed by atoms with Gasteiger partial charge in [-0.25, -0.2) is 0 Å². The monoisotopic (exact) mass is 358 g/mol. The SMILES string of the molecule is CC1CCC(CCC(C(=O)O)C(=O)O)C(CCC(C(=O)O)C(=O)O)C1. The normalized spacial score (nSPS) is 23.6. The van der Waals surface area contributed by atoms with Crippen LogP contribution in [0.5, 0.6) is 0 Å². The summed E-state index contributed by atoms with van der Waals surface area (Å²) in [5.41, 5.74) is 0. The summed E-state index contributed by atoms with van der Waals surface area (Å²) in [4.78, 5) is 44.0. The van der Waals surface area contributed by atoms with Crippen LogP contribution < -0.4 is 0 Å². The van der Waals surface area contributed by atoms with Gasteiger partial charge in [-0.1, -0.05) is 13.3 Å². The molecule has 0 aromatic rings. The molecule has 0 aromatic carbocycles. The lowest BCUT2D eigenvalue weighted by atomic mass is 9.70. The van der Waals surface area contributed by atoms with Crippen molar-refractivity contribution in [3.05, 3.63) is 0 Å². The van der Waals surface area contributed by atoms with E-state index in [-0.39, 0.29) is 24.7 Å². The zero-order chi connectivity index (χ0) is 19.1. The van der Waals surface area contributed by atoms with E-state index in [4.69, 9.17) is 20.4 Å². The van der Waals surface area contributed by atoms with E-state index < -0.39 is 35.7 Å². The van der Waals surface area contributed by atoms with E-state index in [0.29, 0.717) is 18.8 Å². The minimum atomic E-state index is -1.44. The van der Waals surface area contributed by atoms with Crippen molar-refractivity contribution in [3.63, 3.8) is 0 Å². The first-order valence-corrected chi connectivity index (χ1v) is 8.54. The number of hydrogen-bond acceptors (Lipinski definition) is 4. The van der Waals surface area contributed by atoms with Crippen molar-refractivity contribution in [2.45, 2.75) is 51.9 Å². The maximum Gasteiger partial charge on any atom is 0.317 e. The highest BCUT2D eigenvalue weighted by molar-refractivity contribution is 5.93. The molecule has 8 heteroatoms. The quantitative estimate of drug-likeness (QED) is 0.434. The number of carboxylic acids is 4. The minimum absolute atomic E-state index is 0.0276. The molecule has 0 amide bonds. The number of rotatable bonds is 10. The standard InChI is InChI=1S/C17H26O8/c1-9-2-3-10(4-6-12(14(18)19)15(20)21)11(8-9)5-7-13(16(22)23)17(24)25/h9-13H,2-8H2,1H3,(H,18,19)(H,20,21)(H,22,23)(H,24,25). The van der Waals surface area contributed by atoms with E-state index in [1.54, 1.807) is 0 Å². The lowest BCUT2D eigenvalue weighted by molar-refractivity contribution is -0.157. The summed E-state index contributed by atoms with van der Waals surface area (Å²) in [7, 11) is 0. The molecule has 8 nitrogen and oxygen atoms in total. The molecule has 0 bridgehead atoms. The molecule has 0 heterocycles. The van der Waals surface area contributed by atoms with Crippen LogP contribution in [-0.4, -0.2) is 44.3 Å². The molecular formula is C17H26O8. The highest BCUT2D eigenvalue weighted by Crippen LogP contribution is 2.40. The molecule has 0 spiro atoms. The van der Waals surface area contributed by atoms with Gasteiger partial charge in [0.05, 0.1) is 0 Å². The molecule has 1 aliphatic rings. The Bertz CT molecular complexity index is 487. The summed E-state index contributed by atoms with van der Waals surface area (Å²) >= 11 is 0. The van der Waals surface area contributed by atoms with E-state index in [1.807, 2.05) is 0 Å². The first-order valence-electron chi connectivity index (χ1n) is 8.54. The Labute approximate surface area is 145 Å². The van der Waals surface area contributed by atoms with Gasteiger partial charge in [0.15, 0.2) is 11.8 Å². The summed E-state index contributed by atoms with van der Waals surface area (Å²) in [6, 6.07) is 0. The van der Waals surface area contributed by atoms with Gasteiger partial charge in [-0.3, -0.25) is 19.2 Å². The molecule has 0 aliphatic heterocycles. The van der Waals surface area contributed by atoms with E-state index in [2.05, 4.69) is 6.92 Å². The van der Waals surface area contributed by atoms with Gasteiger partial charge in [-0.15, -0.1) is 0 Å². The van der Waals surface area contributed by atoms with Gasteiger partial charge in [0.1, 0.15) is 0 Å². The fraction of sp³-hybridized carbons (Fsp3) is 0.765. The number of carboxylic acid groups (broad SMARTS) is 4. The third kappa shape index (κ3) is 6.36. The molecule has 0 radical (unpaired) electrons. The molecule has 0 aromatic heterocycles. The van der Waals surface area contributed by atoms with E-state index in [9.17, 15) is 19.2 Å². The summed E-state index contributed by atoms with van der Waals surface area (Å²) in [5, 5.41) is 35.9. The average Bonchev–Trinajstić information content (AvgIpc) is 2.48. The summed E-state index contributed by atoms with van der Waals surface area (Å²) < 4.78 is 0. The zero-order valence-corrected chi connectivity index (χ0v) is 14.3. The predicted molar refractivity (Wildman–Crippen MR) is 86.0 cm³/mol. The van der Waals surface area contributed by atoms with Crippen molar-refractivity contribution in [2.75, 3.05) is 0 Å². The molecule has 1 aliphatic carbocycles. The Kier molecular flexibility index (Phi) is 7.86. The largest absolute Gasteiger partial charge is 0.481 e. The van der Waals surface area contributed by atoms with Crippen LogP contribution in [0.2, 0.25) is 0 Å². The van der Waals surface area contributed by atoms with Crippen molar-refractivity contribution in [3.8, 4) is 0 Å². The third-order valence-electron chi connectivity index (χ3n) is 5.25. The second-order valence-electron chi connectivity index (χ2n) is 7.05. The van der Waals surface area contributed by atoms with Crippen molar-refractivity contribution in [1.82, 2.24) is 0 Å². The lowest BCUT2D eigenvalue weighted by Gasteiger charge is -2.35. The van der Waals surface area contributed by atoms with Crippen LogP contribution in [0, 0.1) is 29.6 Å². The number of carbonyl (C=O) groups is 4. The van der Waals surface area contributed by atoms with Gasteiger partial charge in [0.25, 0.3) is 0 Å². The molecule has 3 atom stereocenters. The number of hydrogen-bond donors (Lipinski definition) is 4. The van der Waals surface area contributed by atoms with E-state index in [0.717, 1.165) is 19.3 Å². The van der Waals surface area contributed by atoms with Crippen LogP contribution in [0.1, 0.15) is 51.9 Å². The van der Waals surface area contributed by atoms with Gasteiger partial charge < -0.3 is 20.4 Å². The molecule has 1 rings (SSSR count). The Hall–Kier alpha value is -2.12. The maximum absolute atomic E-state index is 11.0. The topological polar surface area (TPSA) is 149 Å². The van der Waals surface area contributed by atoms with Gasteiger partial charge >= 0.3 is 23.9 Å². The zero-order valence-electron chi connectivity index (χ0n) is 14.3. The van der Waals surface area contributed by atoms with Crippen LogP contribution >= 0.6 is 0 Å². The summed E-state index contributed by atoms with van der Waals surface area (Å²) in [5.74, 6) is -7.68. The van der Waals surface area contributed by atoms with Gasteiger partial charge in [0.2, 0.25) is 0 Å². The maximum atomic E-state index is 11.0. The second-order valence-corrected chi connectivity index (χ2v) is 7.05. The van der Waals surface area contributed by atoms with Crippen molar-refractivity contribution < 1.29 is 39.6 Å². The molecule has 142 valence electrons. The van der Waals surface area contributed by atoms with Crippen molar-refractivity contribution >= 4 is 23.9 Å². The van der Waals surface area contributed by atoms with Crippen molar-refractivity contribution in [1.29, 1.82) is 0 Å². The van der Waals surface area contributed by atoms with Gasteiger partial charge in [-0.2, -0.15) is 0 Å². The van der Waals surface area contributed by atoms with Gasteiger partial charge in [0, 0.05) is 0 Å². The second kappa shape index (κ2) is 9.39. The van der Waals surface area contributed by atoms with Crippen LogP contribution in [0.15, 0.2) is 0 Å². The highest BCUT2D eigenvalue weighted by Gasteiger charge is 2.34. The molecule has 25 heavy (non-hydrogen) atoms. The first kappa shape index (κ1) is 20.9. The Morgan fingerprint density at radius 2 is 1.16 bits per heavy atom. The fourth-order valence-electron chi connectivity index (χ4n) is 3.76. The summed E-state index contributed by atoms with van der Waals surface area (Å²) in [6.45, 7) is 2.08. The van der Waals surface area contributed by atoms with Crippen LogP contribution in [0.25, 0.3) is 0 Å². The van der Waals surface area contributed by atoms with Crippen molar-refractivity contribution in [2.24, 2.45) is 29.6 Å². The molecule has 0 saturated heterocycles. The third-order valence-corrected chi connectivity index (χ3v) is 5.25.